The first-order valence-corrected chi connectivity index (χ1v) is 8.90. The second kappa shape index (κ2) is 8.52. The van der Waals surface area contributed by atoms with E-state index in [1.54, 1.807) is 26.1 Å². The Morgan fingerprint density at radius 1 is 1.27 bits per heavy atom. The van der Waals surface area contributed by atoms with Gasteiger partial charge in [0, 0.05) is 36.6 Å². The van der Waals surface area contributed by atoms with Crippen LogP contribution < -0.4 is 0 Å². The molecule has 2 heterocycles. The number of carbonyl (C=O) groups is 2. The molecule has 0 fully saturated rings. The summed E-state index contributed by atoms with van der Waals surface area (Å²) in [6, 6.07) is 9.12. The van der Waals surface area contributed by atoms with Crippen molar-refractivity contribution in [1.82, 2.24) is 19.9 Å². The van der Waals surface area contributed by atoms with Gasteiger partial charge in [0.15, 0.2) is 0 Å². The number of amides is 1. The number of imidazole rings is 1. The van der Waals surface area contributed by atoms with E-state index < -0.39 is 10.9 Å². The Morgan fingerprint density at radius 3 is 2.67 bits per heavy atom. The molecule has 10 heteroatoms. The number of H-pyrrole nitrogens is 1. The highest BCUT2D eigenvalue weighted by Gasteiger charge is 2.18. The average molecular weight is 409 g/mol. The lowest BCUT2D eigenvalue weighted by atomic mass is 10.1. The van der Waals surface area contributed by atoms with Gasteiger partial charge in [0.2, 0.25) is 0 Å². The number of carbonyl (C=O) groups excluding carboxylic acids is 2. The standard InChI is InChI=1S/C20H19N5O5/c1-12-18(13-5-4-6-15(9-13)25(28)29)23-17(22-12)11-24(2)19(26)16-8-7-14(10-21-16)20(27)30-3/h4-10H,11H2,1-3H3,(H,22,23). The Kier molecular flexibility index (Phi) is 5.86. The summed E-state index contributed by atoms with van der Waals surface area (Å²) < 4.78 is 4.61. The highest BCUT2D eigenvalue weighted by molar-refractivity contribution is 5.94. The van der Waals surface area contributed by atoms with Crippen molar-refractivity contribution in [3.63, 3.8) is 0 Å². The lowest BCUT2D eigenvalue weighted by Crippen LogP contribution is -2.27. The number of methoxy groups -OCH3 is 1. The van der Waals surface area contributed by atoms with Gasteiger partial charge in [0.05, 0.1) is 29.8 Å². The third-order valence-electron chi connectivity index (χ3n) is 4.40. The van der Waals surface area contributed by atoms with Crippen LogP contribution in [0.3, 0.4) is 0 Å². The van der Waals surface area contributed by atoms with Gasteiger partial charge in [-0.15, -0.1) is 0 Å². The van der Waals surface area contributed by atoms with Crippen LogP contribution in [0.15, 0.2) is 42.6 Å². The van der Waals surface area contributed by atoms with Crippen LogP contribution in [-0.2, 0) is 11.3 Å². The molecule has 0 atom stereocenters. The number of aromatic nitrogens is 3. The maximum Gasteiger partial charge on any atom is 0.339 e. The molecule has 30 heavy (non-hydrogen) atoms. The zero-order valence-corrected chi connectivity index (χ0v) is 16.6. The van der Waals surface area contributed by atoms with Gasteiger partial charge in [0.25, 0.3) is 11.6 Å². The van der Waals surface area contributed by atoms with Gasteiger partial charge in [-0.25, -0.2) is 9.78 Å². The van der Waals surface area contributed by atoms with Crippen molar-refractivity contribution in [1.29, 1.82) is 0 Å². The van der Waals surface area contributed by atoms with E-state index in [4.69, 9.17) is 0 Å². The summed E-state index contributed by atoms with van der Waals surface area (Å²) in [5.74, 6) is -0.358. The second-order valence-electron chi connectivity index (χ2n) is 6.55. The van der Waals surface area contributed by atoms with Gasteiger partial charge < -0.3 is 14.6 Å². The van der Waals surface area contributed by atoms with Crippen LogP contribution >= 0.6 is 0 Å². The molecule has 1 N–H and O–H groups in total. The molecular weight excluding hydrogens is 390 g/mol. The van der Waals surface area contributed by atoms with Gasteiger partial charge in [-0.1, -0.05) is 12.1 Å². The number of rotatable bonds is 6. The molecule has 3 rings (SSSR count). The minimum atomic E-state index is -0.533. The maximum atomic E-state index is 12.6. The summed E-state index contributed by atoms with van der Waals surface area (Å²) in [5, 5.41) is 11.0. The number of nitro groups is 1. The van der Waals surface area contributed by atoms with Crippen LogP contribution in [0.4, 0.5) is 5.69 Å². The number of aromatic amines is 1. The number of nitrogens with one attached hydrogen (secondary N) is 1. The number of ether oxygens (including phenoxy) is 1. The van der Waals surface area contributed by atoms with E-state index in [-0.39, 0.29) is 29.4 Å². The van der Waals surface area contributed by atoms with Gasteiger partial charge in [-0.2, -0.15) is 0 Å². The van der Waals surface area contributed by atoms with E-state index in [1.807, 2.05) is 0 Å². The Balaban J connectivity index is 1.76. The minimum absolute atomic E-state index is 0.0229. The highest BCUT2D eigenvalue weighted by atomic mass is 16.6. The molecule has 10 nitrogen and oxygen atoms in total. The number of aryl methyl sites for hydroxylation is 1. The Morgan fingerprint density at radius 2 is 2.03 bits per heavy atom. The predicted octanol–water partition coefficient (Wildman–Crippen LogP) is 2.75. The monoisotopic (exact) mass is 409 g/mol. The third-order valence-corrected chi connectivity index (χ3v) is 4.40. The van der Waals surface area contributed by atoms with Gasteiger partial charge in [-0.3, -0.25) is 19.9 Å². The Labute approximate surface area is 171 Å². The molecule has 0 aliphatic carbocycles. The molecule has 0 aliphatic heterocycles. The van der Waals surface area contributed by atoms with E-state index in [0.717, 1.165) is 5.69 Å². The van der Waals surface area contributed by atoms with Crippen molar-refractivity contribution in [2.75, 3.05) is 14.2 Å². The largest absolute Gasteiger partial charge is 0.465 e. The van der Waals surface area contributed by atoms with Crippen LogP contribution in [0.1, 0.15) is 32.4 Å². The predicted molar refractivity (Wildman–Crippen MR) is 107 cm³/mol. The van der Waals surface area contributed by atoms with Crippen molar-refractivity contribution < 1.29 is 19.2 Å². The quantitative estimate of drug-likeness (QED) is 0.376. The van der Waals surface area contributed by atoms with Crippen molar-refractivity contribution >= 4 is 17.6 Å². The first kappa shape index (κ1) is 20.6. The lowest BCUT2D eigenvalue weighted by molar-refractivity contribution is -0.384. The lowest BCUT2D eigenvalue weighted by Gasteiger charge is -2.15. The van der Waals surface area contributed by atoms with Gasteiger partial charge >= 0.3 is 5.97 Å². The molecule has 0 aliphatic rings. The molecule has 0 bridgehead atoms. The average Bonchev–Trinajstić information content (AvgIpc) is 3.12. The molecule has 154 valence electrons. The van der Waals surface area contributed by atoms with Crippen molar-refractivity contribution in [2.24, 2.45) is 0 Å². The van der Waals surface area contributed by atoms with Crippen LogP contribution in [0.5, 0.6) is 0 Å². The fraction of sp³-hybridized carbons (Fsp3) is 0.200. The van der Waals surface area contributed by atoms with E-state index >= 15 is 0 Å². The molecule has 0 unspecified atom stereocenters. The van der Waals surface area contributed by atoms with Crippen LogP contribution in [0.25, 0.3) is 11.3 Å². The van der Waals surface area contributed by atoms with Gasteiger partial charge in [0.1, 0.15) is 11.5 Å². The summed E-state index contributed by atoms with van der Waals surface area (Å²) >= 11 is 0. The van der Waals surface area contributed by atoms with E-state index in [9.17, 15) is 19.7 Å². The minimum Gasteiger partial charge on any atom is -0.465 e. The van der Waals surface area contributed by atoms with Crippen LogP contribution in [0.2, 0.25) is 0 Å². The summed E-state index contributed by atoms with van der Waals surface area (Å²) in [7, 11) is 2.87. The molecule has 1 amide bonds. The molecule has 2 aromatic heterocycles. The molecule has 0 saturated carbocycles. The first-order valence-electron chi connectivity index (χ1n) is 8.90. The maximum absolute atomic E-state index is 12.6. The summed E-state index contributed by atoms with van der Waals surface area (Å²) in [4.78, 5) is 47.7. The summed E-state index contributed by atoms with van der Waals surface area (Å²) in [6.45, 7) is 1.98. The van der Waals surface area contributed by atoms with Crippen molar-refractivity contribution in [2.45, 2.75) is 13.5 Å². The fourth-order valence-corrected chi connectivity index (χ4v) is 2.90. The zero-order valence-electron chi connectivity index (χ0n) is 16.6. The number of benzene rings is 1. The number of esters is 1. The Hall–Kier alpha value is -4.08. The van der Waals surface area contributed by atoms with Crippen molar-refractivity contribution in [3.05, 3.63) is 75.5 Å². The number of pyridine rings is 1. The summed E-state index contributed by atoms with van der Waals surface area (Å²) in [5.41, 5.74) is 2.32. The number of hydrogen-bond donors (Lipinski definition) is 1. The Bertz CT molecular complexity index is 1110. The molecule has 0 radical (unpaired) electrons. The number of hydrogen-bond acceptors (Lipinski definition) is 7. The molecule has 1 aromatic carbocycles. The zero-order chi connectivity index (χ0) is 21.8. The normalized spacial score (nSPS) is 10.5. The van der Waals surface area contributed by atoms with E-state index in [0.29, 0.717) is 17.1 Å². The van der Waals surface area contributed by atoms with E-state index in [1.165, 1.54) is 42.5 Å². The van der Waals surface area contributed by atoms with E-state index in [2.05, 4.69) is 19.7 Å². The molecule has 0 saturated heterocycles. The SMILES string of the molecule is COC(=O)c1ccc(C(=O)N(C)Cc2nc(-c3cccc([N+](=O)[O-])c3)c(C)[nH]2)nc1. The number of nitro benzene ring substituents is 1. The van der Waals surface area contributed by atoms with Crippen LogP contribution in [0, 0.1) is 17.0 Å². The van der Waals surface area contributed by atoms with Crippen molar-refractivity contribution in [3.8, 4) is 11.3 Å². The first-order chi connectivity index (χ1) is 14.3. The van der Waals surface area contributed by atoms with Crippen LogP contribution in [-0.4, -0.2) is 50.8 Å². The summed E-state index contributed by atoms with van der Waals surface area (Å²) in [6.07, 6.45) is 1.28. The fourth-order valence-electron chi connectivity index (χ4n) is 2.90. The third kappa shape index (κ3) is 4.32. The molecule has 3 aromatic rings. The molecule has 0 spiro atoms. The smallest absolute Gasteiger partial charge is 0.339 e. The molecular formula is C20H19N5O5. The second-order valence-corrected chi connectivity index (χ2v) is 6.55. The number of non-ortho nitro benzene ring substituents is 1. The highest BCUT2D eigenvalue weighted by Crippen LogP contribution is 2.25. The number of nitrogens with zero attached hydrogens (tertiary/aromatic N) is 4. The van der Waals surface area contributed by atoms with Gasteiger partial charge in [-0.05, 0) is 19.1 Å². The topological polar surface area (TPSA) is 131 Å².